The predicted octanol–water partition coefficient (Wildman–Crippen LogP) is 3.64. The summed E-state index contributed by atoms with van der Waals surface area (Å²) in [4.78, 5) is 66.4. The van der Waals surface area contributed by atoms with E-state index in [4.69, 9.17) is 19.4 Å². The molecule has 0 radical (unpaired) electrons. The standard InChI is InChI=1S/C32H42N6O6S/c1-20(19-45-21(2)39)31(42)38-11-7-10-25(38)30(41)34-29-23-17-26(43-3)27(44-4)18-24(23)33-32(35-29)37-14-12-36(13-15-37)28(40)16-22-8-5-6-9-22/h16-18,20,25H,5-15,19H2,1-4H3,(H,33,34,35,41). The van der Waals surface area contributed by atoms with E-state index in [1.807, 2.05) is 15.9 Å². The molecule has 2 atom stereocenters. The largest absolute Gasteiger partial charge is 0.493 e. The van der Waals surface area contributed by atoms with E-state index in [1.165, 1.54) is 19.6 Å². The van der Waals surface area contributed by atoms with Crippen LogP contribution in [0.4, 0.5) is 11.8 Å². The molecule has 1 aromatic carbocycles. The molecule has 2 saturated heterocycles. The number of likely N-dealkylation sites (tertiary alicyclic amines) is 1. The highest BCUT2D eigenvalue weighted by atomic mass is 32.2. The number of nitrogens with one attached hydrogen (secondary N) is 1. The molecule has 242 valence electrons. The minimum absolute atomic E-state index is 0.0432. The first-order chi connectivity index (χ1) is 21.7. The summed E-state index contributed by atoms with van der Waals surface area (Å²) < 4.78 is 11.0. The van der Waals surface area contributed by atoms with E-state index < -0.39 is 12.0 Å². The van der Waals surface area contributed by atoms with Gasteiger partial charge in [0.15, 0.2) is 16.6 Å². The maximum absolute atomic E-state index is 13.7. The summed E-state index contributed by atoms with van der Waals surface area (Å²) in [7, 11) is 3.08. The maximum atomic E-state index is 13.7. The van der Waals surface area contributed by atoms with Crippen LogP contribution in [0.5, 0.6) is 11.5 Å². The van der Waals surface area contributed by atoms with Crippen LogP contribution >= 0.6 is 11.8 Å². The lowest BCUT2D eigenvalue weighted by molar-refractivity contribution is -0.139. The van der Waals surface area contributed by atoms with Gasteiger partial charge < -0.3 is 29.5 Å². The topological polar surface area (TPSA) is 134 Å². The molecule has 45 heavy (non-hydrogen) atoms. The quantitative estimate of drug-likeness (QED) is 0.406. The highest BCUT2D eigenvalue weighted by molar-refractivity contribution is 8.13. The predicted molar refractivity (Wildman–Crippen MR) is 174 cm³/mol. The Morgan fingerprint density at radius 3 is 2.36 bits per heavy atom. The van der Waals surface area contributed by atoms with Gasteiger partial charge in [-0.3, -0.25) is 19.2 Å². The van der Waals surface area contributed by atoms with Gasteiger partial charge in [0.2, 0.25) is 23.7 Å². The molecule has 2 unspecified atom stereocenters. The number of ether oxygens (including phenoxy) is 2. The third-order valence-corrected chi connectivity index (χ3v) is 9.75. The van der Waals surface area contributed by atoms with E-state index in [0.717, 1.165) is 37.4 Å². The van der Waals surface area contributed by atoms with Crippen molar-refractivity contribution in [2.45, 2.75) is 58.4 Å². The first-order valence-corrected chi connectivity index (χ1v) is 16.6. The van der Waals surface area contributed by atoms with Crippen molar-refractivity contribution in [2.75, 3.05) is 62.9 Å². The van der Waals surface area contributed by atoms with Crippen LogP contribution < -0.4 is 19.7 Å². The summed E-state index contributed by atoms with van der Waals surface area (Å²) >= 11 is 1.12. The van der Waals surface area contributed by atoms with Crippen molar-refractivity contribution in [3.05, 3.63) is 23.8 Å². The number of hydrogen-bond donors (Lipinski definition) is 1. The summed E-state index contributed by atoms with van der Waals surface area (Å²) in [6.45, 7) is 5.91. The Hall–Kier alpha value is -3.87. The highest BCUT2D eigenvalue weighted by Gasteiger charge is 2.36. The number of aromatic nitrogens is 2. The zero-order valence-electron chi connectivity index (χ0n) is 26.5. The van der Waals surface area contributed by atoms with Gasteiger partial charge in [-0.1, -0.05) is 24.3 Å². The Morgan fingerprint density at radius 1 is 1.00 bits per heavy atom. The van der Waals surface area contributed by atoms with Crippen molar-refractivity contribution < 1.29 is 28.7 Å². The van der Waals surface area contributed by atoms with Crippen LogP contribution in [0.3, 0.4) is 0 Å². The van der Waals surface area contributed by atoms with Crippen LogP contribution in [0.1, 0.15) is 52.4 Å². The minimum atomic E-state index is -0.653. The van der Waals surface area contributed by atoms with Crippen LogP contribution in [0, 0.1) is 5.92 Å². The van der Waals surface area contributed by atoms with Crippen LogP contribution in [0.15, 0.2) is 23.8 Å². The second-order valence-electron chi connectivity index (χ2n) is 11.8. The number of amides is 3. The van der Waals surface area contributed by atoms with Crippen LogP contribution in [-0.2, 0) is 19.2 Å². The van der Waals surface area contributed by atoms with E-state index in [0.29, 0.717) is 85.5 Å². The van der Waals surface area contributed by atoms with Crippen LogP contribution in [0.2, 0.25) is 0 Å². The van der Waals surface area contributed by atoms with Gasteiger partial charge >= 0.3 is 0 Å². The van der Waals surface area contributed by atoms with Crippen molar-refractivity contribution in [1.82, 2.24) is 19.8 Å². The molecule has 1 saturated carbocycles. The molecule has 3 heterocycles. The fourth-order valence-corrected chi connectivity index (χ4v) is 6.77. The van der Waals surface area contributed by atoms with E-state index in [-0.39, 0.29) is 22.8 Å². The molecule has 13 heteroatoms. The molecule has 5 rings (SSSR count). The summed E-state index contributed by atoms with van der Waals surface area (Å²) in [6.07, 6.45) is 7.35. The Kier molecular flexibility index (Phi) is 10.5. The van der Waals surface area contributed by atoms with Gasteiger partial charge in [-0.15, -0.1) is 0 Å². The summed E-state index contributed by atoms with van der Waals surface area (Å²) in [5, 5.41) is 3.53. The van der Waals surface area contributed by atoms with Crippen LogP contribution in [-0.4, -0.2) is 101 Å². The third-order valence-electron chi connectivity index (χ3n) is 8.68. The zero-order chi connectivity index (χ0) is 32.1. The number of benzene rings is 1. The van der Waals surface area contributed by atoms with Gasteiger partial charge in [0.05, 0.1) is 19.7 Å². The van der Waals surface area contributed by atoms with Crippen molar-refractivity contribution >= 4 is 57.3 Å². The lowest BCUT2D eigenvalue weighted by Gasteiger charge is -2.34. The normalized spacial score (nSPS) is 19.1. The lowest BCUT2D eigenvalue weighted by atomic mass is 10.1. The molecule has 3 fully saturated rings. The molecule has 1 aliphatic carbocycles. The van der Waals surface area contributed by atoms with Crippen LogP contribution in [0.25, 0.3) is 10.9 Å². The molecular formula is C32H42N6O6S. The number of rotatable bonds is 9. The molecule has 3 aliphatic rings. The molecule has 2 aromatic rings. The molecule has 1 N–H and O–H groups in total. The number of fused-ring (bicyclic) bond motifs is 1. The number of nitrogens with zero attached hydrogens (tertiary/aromatic N) is 5. The fraction of sp³-hybridized carbons (Fsp3) is 0.562. The van der Waals surface area contributed by atoms with E-state index in [1.54, 1.807) is 31.1 Å². The van der Waals surface area contributed by atoms with E-state index in [2.05, 4.69) is 5.32 Å². The Labute approximate surface area is 267 Å². The average Bonchev–Trinajstić information content (AvgIpc) is 3.75. The SMILES string of the molecule is COc1cc2nc(N3CCN(C(=O)C=C4CCCC4)CC3)nc(NC(=O)C3CCCN3C(=O)C(C)CSC(C)=O)c2cc1OC. The number of hydrogen-bond acceptors (Lipinski definition) is 10. The molecule has 12 nitrogen and oxygen atoms in total. The summed E-state index contributed by atoms with van der Waals surface area (Å²) in [6, 6.07) is 2.83. The van der Waals surface area contributed by atoms with Gasteiger partial charge in [-0.25, -0.2) is 4.98 Å². The van der Waals surface area contributed by atoms with E-state index >= 15 is 0 Å². The maximum Gasteiger partial charge on any atom is 0.248 e. The number of carbonyl (C=O) groups excluding carboxylic acids is 4. The van der Waals surface area contributed by atoms with Crippen molar-refractivity contribution in [3.63, 3.8) is 0 Å². The molecular weight excluding hydrogens is 596 g/mol. The number of allylic oxidation sites excluding steroid dienone is 1. The number of piperazine rings is 1. The van der Waals surface area contributed by atoms with Gasteiger partial charge in [-0.2, -0.15) is 4.98 Å². The number of thioether (sulfide) groups is 1. The van der Waals surface area contributed by atoms with Gasteiger partial charge in [0.25, 0.3) is 0 Å². The Balaban J connectivity index is 1.38. The van der Waals surface area contributed by atoms with Gasteiger partial charge in [-0.05, 0) is 44.6 Å². The minimum Gasteiger partial charge on any atom is -0.493 e. The fourth-order valence-electron chi connectivity index (χ4n) is 6.15. The first-order valence-electron chi connectivity index (χ1n) is 15.6. The number of anilines is 2. The Morgan fingerprint density at radius 2 is 1.69 bits per heavy atom. The monoisotopic (exact) mass is 638 g/mol. The van der Waals surface area contributed by atoms with Gasteiger partial charge in [0, 0.05) is 68.8 Å². The number of methoxy groups -OCH3 is 2. The second-order valence-corrected chi connectivity index (χ2v) is 13.0. The average molecular weight is 639 g/mol. The molecule has 2 aliphatic heterocycles. The molecule has 0 bridgehead atoms. The zero-order valence-corrected chi connectivity index (χ0v) is 27.3. The van der Waals surface area contributed by atoms with Gasteiger partial charge in [0.1, 0.15) is 11.9 Å². The first kappa shape index (κ1) is 32.5. The number of carbonyl (C=O) groups is 4. The summed E-state index contributed by atoms with van der Waals surface area (Å²) in [5.74, 6) is 1.26. The Bertz CT molecular complexity index is 1480. The highest BCUT2D eigenvalue weighted by Crippen LogP contribution is 2.36. The molecule has 1 aromatic heterocycles. The second kappa shape index (κ2) is 14.5. The van der Waals surface area contributed by atoms with Crippen molar-refractivity contribution in [3.8, 4) is 11.5 Å². The van der Waals surface area contributed by atoms with Crippen molar-refractivity contribution in [2.24, 2.45) is 5.92 Å². The van der Waals surface area contributed by atoms with Crippen molar-refractivity contribution in [1.29, 1.82) is 0 Å². The summed E-state index contributed by atoms with van der Waals surface area (Å²) in [5.41, 5.74) is 1.80. The third kappa shape index (κ3) is 7.51. The lowest BCUT2D eigenvalue weighted by Crippen LogP contribution is -2.49. The molecule has 3 amide bonds. The van der Waals surface area contributed by atoms with E-state index in [9.17, 15) is 19.2 Å². The molecule has 0 spiro atoms. The smallest absolute Gasteiger partial charge is 0.248 e.